The largest absolute Gasteiger partial charge is 0.478 e. The van der Waals surface area contributed by atoms with Crippen LogP contribution in [0.4, 0.5) is 10.5 Å². The number of H-pyrrole nitrogens is 1. The Bertz CT molecular complexity index is 659. The van der Waals surface area contributed by atoms with Crippen molar-refractivity contribution < 1.29 is 14.7 Å². The van der Waals surface area contributed by atoms with Gasteiger partial charge in [0.1, 0.15) is 12.2 Å². The minimum Gasteiger partial charge on any atom is -0.478 e. The van der Waals surface area contributed by atoms with Gasteiger partial charge in [-0.2, -0.15) is 5.10 Å². The zero-order valence-electron chi connectivity index (χ0n) is 11.0. The molecule has 8 nitrogen and oxygen atoms in total. The van der Waals surface area contributed by atoms with E-state index < -0.39 is 12.0 Å². The van der Waals surface area contributed by atoms with E-state index in [4.69, 9.17) is 16.7 Å². The number of urea groups is 1. The summed E-state index contributed by atoms with van der Waals surface area (Å²) in [7, 11) is 1.58. The molecular formula is C12H12ClN5O3. The molecule has 0 aliphatic rings. The van der Waals surface area contributed by atoms with Gasteiger partial charge in [0.05, 0.1) is 17.1 Å². The molecule has 0 atom stereocenters. The lowest BCUT2D eigenvalue weighted by Gasteiger charge is -2.16. The summed E-state index contributed by atoms with van der Waals surface area (Å²) in [5.74, 6) is -0.624. The molecule has 21 heavy (non-hydrogen) atoms. The van der Waals surface area contributed by atoms with Crippen molar-refractivity contribution in [2.75, 3.05) is 12.4 Å². The number of hydrogen-bond acceptors (Lipinski definition) is 4. The second-order valence-corrected chi connectivity index (χ2v) is 4.63. The summed E-state index contributed by atoms with van der Waals surface area (Å²) < 4.78 is 0. The number of rotatable bonds is 4. The number of carboxylic acids is 1. The molecule has 2 amide bonds. The zero-order chi connectivity index (χ0) is 15.4. The standard InChI is InChI=1S/C12H12ClN5O3/c1-18(5-10-14-6-15-17-10)12(21)16-7-2-3-9(13)8(4-7)11(19)20/h2-4,6H,5H2,1H3,(H,16,21)(H,19,20)(H,14,15,17). The molecular weight excluding hydrogens is 298 g/mol. The highest BCUT2D eigenvalue weighted by molar-refractivity contribution is 6.33. The Morgan fingerprint density at radius 2 is 2.24 bits per heavy atom. The van der Waals surface area contributed by atoms with E-state index in [1.807, 2.05) is 0 Å². The van der Waals surface area contributed by atoms with Gasteiger partial charge in [-0.1, -0.05) is 11.6 Å². The molecule has 2 aromatic rings. The normalized spacial score (nSPS) is 10.2. The van der Waals surface area contributed by atoms with Crippen LogP contribution in [0.1, 0.15) is 16.2 Å². The molecule has 0 unspecified atom stereocenters. The lowest BCUT2D eigenvalue weighted by atomic mass is 10.2. The number of aromatic amines is 1. The third-order valence-electron chi connectivity index (χ3n) is 2.65. The van der Waals surface area contributed by atoms with Gasteiger partial charge < -0.3 is 15.3 Å². The van der Waals surface area contributed by atoms with Gasteiger partial charge >= 0.3 is 12.0 Å². The van der Waals surface area contributed by atoms with Crippen LogP contribution in [-0.2, 0) is 6.54 Å². The van der Waals surface area contributed by atoms with E-state index in [2.05, 4.69) is 20.5 Å². The highest BCUT2D eigenvalue weighted by Gasteiger charge is 2.13. The van der Waals surface area contributed by atoms with Crippen molar-refractivity contribution in [1.29, 1.82) is 0 Å². The van der Waals surface area contributed by atoms with Gasteiger partial charge in [0, 0.05) is 12.7 Å². The van der Waals surface area contributed by atoms with Crippen LogP contribution in [0, 0.1) is 0 Å². The fourth-order valence-corrected chi connectivity index (χ4v) is 1.79. The van der Waals surface area contributed by atoms with Gasteiger partial charge in [0.25, 0.3) is 0 Å². The molecule has 2 rings (SSSR count). The smallest absolute Gasteiger partial charge is 0.337 e. The van der Waals surface area contributed by atoms with Gasteiger partial charge in [-0.05, 0) is 18.2 Å². The molecule has 9 heteroatoms. The Morgan fingerprint density at radius 3 is 2.86 bits per heavy atom. The Hall–Kier alpha value is -2.61. The number of carboxylic acid groups (broad SMARTS) is 1. The van der Waals surface area contributed by atoms with E-state index in [0.29, 0.717) is 11.5 Å². The van der Waals surface area contributed by atoms with Gasteiger partial charge in [0.15, 0.2) is 0 Å². The summed E-state index contributed by atoms with van der Waals surface area (Å²) in [5, 5.41) is 18.0. The second-order valence-electron chi connectivity index (χ2n) is 4.22. The fraction of sp³-hybridized carbons (Fsp3) is 0.167. The third kappa shape index (κ3) is 3.69. The number of amides is 2. The first-order valence-electron chi connectivity index (χ1n) is 5.86. The highest BCUT2D eigenvalue weighted by Crippen LogP contribution is 2.20. The number of halogens is 1. The van der Waals surface area contributed by atoms with Gasteiger partial charge in [-0.15, -0.1) is 0 Å². The minimum atomic E-state index is -1.16. The maximum absolute atomic E-state index is 12.0. The van der Waals surface area contributed by atoms with E-state index >= 15 is 0 Å². The number of carbonyl (C=O) groups excluding carboxylic acids is 1. The molecule has 0 aliphatic heterocycles. The first kappa shape index (κ1) is 14.8. The number of nitrogens with zero attached hydrogens (tertiary/aromatic N) is 3. The average molecular weight is 310 g/mol. The SMILES string of the molecule is CN(Cc1ncn[nH]1)C(=O)Nc1ccc(Cl)c(C(=O)O)c1. The van der Waals surface area contributed by atoms with E-state index in [-0.39, 0.29) is 17.1 Å². The summed E-state index contributed by atoms with van der Waals surface area (Å²) >= 11 is 5.76. The van der Waals surface area contributed by atoms with Crippen LogP contribution >= 0.6 is 11.6 Å². The molecule has 0 spiro atoms. The molecule has 3 N–H and O–H groups in total. The molecule has 0 aliphatic carbocycles. The lowest BCUT2D eigenvalue weighted by Crippen LogP contribution is -2.31. The second kappa shape index (κ2) is 6.23. The van der Waals surface area contributed by atoms with Crippen molar-refractivity contribution in [2.24, 2.45) is 0 Å². The average Bonchev–Trinajstić information content (AvgIpc) is 2.93. The molecule has 0 radical (unpaired) electrons. The highest BCUT2D eigenvalue weighted by atomic mass is 35.5. The summed E-state index contributed by atoms with van der Waals surface area (Å²) in [5.41, 5.74) is 0.263. The van der Waals surface area contributed by atoms with Crippen molar-refractivity contribution in [3.63, 3.8) is 0 Å². The van der Waals surface area contributed by atoms with Crippen molar-refractivity contribution >= 4 is 29.3 Å². The number of benzene rings is 1. The number of aromatic nitrogens is 3. The molecule has 0 saturated carbocycles. The maximum Gasteiger partial charge on any atom is 0.337 e. The van der Waals surface area contributed by atoms with Gasteiger partial charge in [-0.3, -0.25) is 5.10 Å². The van der Waals surface area contributed by atoms with Crippen LogP contribution in [0.2, 0.25) is 5.02 Å². The summed E-state index contributed by atoms with van der Waals surface area (Å²) in [6, 6.07) is 3.82. The van der Waals surface area contributed by atoms with Crippen molar-refractivity contribution in [3.05, 3.63) is 40.9 Å². The van der Waals surface area contributed by atoms with E-state index in [1.54, 1.807) is 7.05 Å². The van der Waals surface area contributed by atoms with Crippen LogP contribution in [-0.4, -0.2) is 44.2 Å². The maximum atomic E-state index is 12.0. The van der Waals surface area contributed by atoms with E-state index in [9.17, 15) is 9.59 Å². The molecule has 0 saturated heterocycles. The number of nitrogens with one attached hydrogen (secondary N) is 2. The van der Waals surface area contributed by atoms with Crippen LogP contribution < -0.4 is 5.32 Å². The Labute approximate surface area is 124 Å². The van der Waals surface area contributed by atoms with E-state index in [1.165, 1.54) is 29.4 Å². The Morgan fingerprint density at radius 1 is 1.48 bits per heavy atom. The van der Waals surface area contributed by atoms with Crippen molar-refractivity contribution in [3.8, 4) is 0 Å². The topological polar surface area (TPSA) is 111 Å². The van der Waals surface area contributed by atoms with Crippen LogP contribution in [0.3, 0.4) is 0 Å². The van der Waals surface area contributed by atoms with Crippen molar-refractivity contribution in [2.45, 2.75) is 6.54 Å². The van der Waals surface area contributed by atoms with Gasteiger partial charge in [0.2, 0.25) is 0 Å². The van der Waals surface area contributed by atoms with E-state index in [0.717, 1.165) is 0 Å². The molecule has 110 valence electrons. The number of carbonyl (C=O) groups is 2. The monoisotopic (exact) mass is 309 g/mol. The minimum absolute atomic E-state index is 0.0765. The molecule has 1 aromatic carbocycles. The summed E-state index contributed by atoms with van der Waals surface area (Å²) in [6.07, 6.45) is 1.35. The number of anilines is 1. The predicted octanol–water partition coefficient (Wildman–Crippen LogP) is 1.82. The molecule has 1 heterocycles. The summed E-state index contributed by atoms with van der Waals surface area (Å²) in [6.45, 7) is 0.241. The quantitative estimate of drug-likeness (QED) is 0.797. The number of aromatic carboxylic acids is 1. The molecule has 0 fully saturated rings. The fourth-order valence-electron chi connectivity index (χ4n) is 1.59. The first-order chi connectivity index (χ1) is 9.97. The third-order valence-corrected chi connectivity index (χ3v) is 2.98. The number of hydrogen-bond donors (Lipinski definition) is 3. The van der Waals surface area contributed by atoms with Crippen LogP contribution in [0.5, 0.6) is 0 Å². The zero-order valence-corrected chi connectivity index (χ0v) is 11.8. The molecule has 0 bridgehead atoms. The summed E-state index contributed by atoms with van der Waals surface area (Å²) in [4.78, 5) is 28.2. The predicted molar refractivity (Wildman–Crippen MR) is 75.3 cm³/mol. The Balaban J connectivity index is 2.05. The molecule has 1 aromatic heterocycles. The Kier molecular flexibility index (Phi) is 4.39. The van der Waals surface area contributed by atoms with Crippen LogP contribution in [0.25, 0.3) is 0 Å². The van der Waals surface area contributed by atoms with Crippen molar-refractivity contribution in [1.82, 2.24) is 20.1 Å². The first-order valence-corrected chi connectivity index (χ1v) is 6.24. The van der Waals surface area contributed by atoms with Crippen LogP contribution in [0.15, 0.2) is 24.5 Å². The lowest BCUT2D eigenvalue weighted by molar-refractivity contribution is 0.0697. The van der Waals surface area contributed by atoms with Gasteiger partial charge in [-0.25, -0.2) is 14.6 Å².